The Morgan fingerprint density at radius 1 is 1.24 bits per heavy atom. The molecule has 0 unspecified atom stereocenters. The lowest BCUT2D eigenvalue weighted by Gasteiger charge is -2.03. The minimum atomic E-state index is -0.240. The minimum Gasteiger partial charge on any atom is -0.346 e. The zero-order valence-electron chi connectivity index (χ0n) is 13.1. The highest BCUT2D eigenvalue weighted by Crippen LogP contribution is 2.30. The van der Waals surface area contributed by atoms with Crippen molar-refractivity contribution in [3.8, 4) is 10.6 Å². The van der Waals surface area contributed by atoms with Gasteiger partial charge in [-0.3, -0.25) is 14.8 Å². The van der Waals surface area contributed by atoms with E-state index in [0.29, 0.717) is 16.4 Å². The molecule has 0 saturated carbocycles. The third-order valence-electron chi connectivity index (χ3n) is 3.82. The number of carbonyl (C=O) groups is 1. The van der Waals surface area contributed by atoms with Gasteiger partial charge in [-0.25, -0.2) is 4.98 Å². The number of benzene rings is 1. The Hall–Kier alpha value is -2.57. The van der Waals surface area contributed by atoms with Crippen LogP contribution in [0.2, 0.25) is 5.15 Å². The van der Waals surface area contributed by atoms with Crippen molar-refractivity contribution in [3.05, 3.63) is 64.4 Å². The quantitative estimate of drug-likeness (QED) is 0.759. The Bertz CT molecular complexity index is 968. The Morgan fingerprint density at radius 3 is 2.92 bits per heavy atom. The summed E-state index contributed by atoms with van der Waals surface area (Å²) in [5.41, 5.74) is 3.93. The monoisotopic (exact) mass is 368 g/mol. The number of para-hydroxylation sites is 1. The lowest BCUT2D eigenvalue weighted by atomic mass is 10.1. The zero-order valence-corrected chi connectivity index (χ0v) is 14.6. The molecule has 1 aromatic carbocycles. The summed E-state index contributed by atoms with van der Waals surface area (Å²) in [6.07, 6.45) is 4.14. The fourth-order valence-corrected chi connectivity index (χ4v) is 3.82. The summed E-state index contributed by atoms with van der Waals surface area (Å²) >= 11 is 7.40. The largest absolute Gasteiger partial charge is 0.346 e. The van der Waals surface area contributed by atoms with Crippen molar-refractivity contribution in [1.82, 2.24) is 15.3 Å². The molecular weight excluding hydrogens is 356 g/mol. The fourth-order valence-electron chi connectivity index (χ4n) is 2.62. The van der Waals surface area contributed by atoms with Crippen LogP contribution in [-0.2, 0) is 6.42 Å². The molecule has 5 nitrogen and oxygen atoms in total. The number of carbonyl (C=O) groups excluding carboxylic acids is 1. The van der Waals surface area contributed by atoms with Crippen LogP contribution in [0, 0.1) is 0 Å². The summed E-state index contributed by atoms with van der Waals surface area (Å²) in [7, 11) is 0. The van der Waals surface area contributed by atoms with Crippen molar-refractivity contribution in [2.75, 3.05) is 6.54 Å². The average molecular weight is 369 g/mol. The van der Waals surface area contributed by atoms with Crippen molar-refractivity contribution >= 4 is 40.2 Å². The molecule has 25 heavy (non-hydrogen) atoms. The van der Waals surface area contributed by atoms with Crippen LogP contribution >= 0.6 is 22.9 Å². The van der Waals surface area contributed by atoms with E-state index in [4.69, 9.17) is 11.6 Å². The molecule has 0 bridgehead atoms. The zero-order chi connectivity index (χ0) is 17.2. The van der Waals surface area contributed by atoms with Crippen LogP contribution in [0.25, 0.3) is 10.6 Å². The molecule has 3 heterocycles. The Labute approximate surface area is 153 Å². The first-order valence-corrected chi connectivity index (χ1v) is 8.89. The van der Waals surface area contributed by atoms with E-state index in [0.717, 1.165) is 23.4 Å². The summed E-state index contributed by atoms with van der Waals surface area (Å²) in [6.45, 7) is 0.393. The second-order valence-corrected chi connectivity index (χ2v) is 6.90. The number of pyridine rings is 1. The third kappa shape index (κ3) is 3.31. The van der Waals surface area contributed by atoms with Gasteiger partial charge in [0.1, 0.15) is 9.88 Å². The minimum absolute atomic E-state index is 0.206. The van der Waals surface area contributed by atoms with Gasteiger partial charge in [-0.1, -0.05) is 29.8 Å². The van der Waals surface area contributed by atoms with Gasteiger partial charge in [0, 0.05) is 30.1 Å². The highest BCUT2D eigenvalue weighted by atomic mass is 35.5. The molecule has 1 N–H and O–H groups in total. The van der Waals surface area contributed by atoms with E-state index < -0.39 is 0 Å². The molecular formula is C18H13ClN4OS. The van der Waals surface area contributed by atoms with Crippen molar-refractivity contribution in [2.24, 2.45) is 4.99 Å². The van der Waals surface area contributed by atoms with Gasteiger partial charge in [-0.15, -0.1) is 11.3 Å². The summed E-state index contributed by atoms with van der Waals surface area (Å²) < 4.78 is 0. The molecule has 0 fully saturated rings. The second-order valence-electron chi connectivity index (χ2n) is 5.55. The number of nitrogens with zero attached hydrogens (tertiary/aromatic N) is 3. The molecule has 1 aliphatic rings. The van der Waals surface area contributed by atoms with E-state index in [-0.39, 0.29) is 11.1 Å². The molecule has 1 aliphatic heterocycles. The molecule has 1 amide bonds. The van der Waals surface area contributed by atoms with Crippen molar-refractivity contribution in [3.63, 3.8) is 0 Å². The maximum atomic E-state index is 12.4. The van der Waals surface area contributed by atoms with Crippen LogP contribution in [0.15, 0.2) is 53.8 Å². The number of rotatable bonds is 4. The third-order valence-corrected chi connectivity index (χ3v) is 5.31. The molecule has 2 aromatic heterocycles. The van der Waals surface area contributed by atoms with Gasteiger partial charge in [0.05, 0.1) is 12.2 Å². The van der Waals surface area contributed by atoms with Crippen molar-refractivity contribution in [2.45, 2.75) is 6.42 Å². The SMILES string of the molecule is O=C(NCC1=Nc2ccccc2C1)c1sc(-c2cccnc2)nc1Cl. The maximum absolute atomic E-state index is 12.4. The highest BCUT2D eigenvalue weighted by Gasteiger charge is 2.19. The predicted molar refractivity (Wildman–Crippen MR) is 99.9 cm³/mol. The van der Waals surface area contributed by atoms with Crippen molar-refractivity contribution < 1.29 is 4.79 Å². The summed E-state index contributed by atoms with van der Waals surface area (Å²) in [6, 6.07) is 11.7. The van der Waals surface area contributed by atoms with Crippen LogP contribution < -0.4 is 5.32 Å². The van der Waals surface area contributed by atoms with E-state index in [1.807, 2.05) is 36.4 Å². The topological polar surface area (TPSA) is 67.2 Å². The number of thiazole rings is 1. The van der Waals surface area contributed by atoms with Crippen LogP contribution in [0.5, 0.6) is 0 Å². The predicted octanol–water partition coefficient (Wildman–Crippen LogP) is 3.92. The molecule has 7 heteroatoms. The fraction of sp³-hybridized carbons (Fsp3) is 0.111. The molecule has 3 aromatic rings. The van der Waals surface area contributed by atoms with E-state index in [2.05, 4.69) is 20.3 Å². The lowest BCUT2D eigenvalue weighted by molar-refractivity contribution is 0.0963. The van der Waals surface area contributed by atoms with Gasteiger partial charge < -0.3 is 5.32 Å². The number of hydrogen-bond acceptors (Lipinski definition) is 5. The Morgan fingerprint density at radius 2 is 2.12 bits per heavy atom. The number of amides is 1. The van der Waals surface area contributed by atoms with Gasteiger partial charge in [-0.2, -0.15) is 0 Å². The number of halogens is 1. The van der Waals surface area contributed by atoms with Crippen LogP contribution in [0.4, 0.5) is 5.69 Å². The maximum Gasteiger partial charge on any atom is 0.264 e. The molecule has 0 atom stereocenters. The van der Waals surface area contributed by atoms with Crippen LogP contribution in [0.3, 0.4) is 0 Å². The molecule has 124 valence electrons. The van der Waals surface area contributed by atoms with Gasteiger partial charge in [-0.05, 0) is 23.8 Å². The first-order valence-electron chi connectivity index (χ1n) is 7.70. The summed E-state index contributed by atoms with van der Waals surface area (Å²) in [5.74, 6) is -0.240. The van der Waals surface area contributed by atoms with Gasteiger partial charge in [0.25, 0.3) is 5.91 Å². The molecule has 0 radical (unpaired) electrons. The van der Waals surface area contributed by atoms with E-state index in [9.17, 15) is 4.79 Å². The number of nitrogens with one attached hydrogen (secondary N) is 1. The second kappa shape index (κ2) is 6.74. The Kier molecular flexibility index (Phi) is 4.29. The smallest absolute Gasteiger partial charge is 0.264 e. The normalized spacial score (nSPS) is 12.6. The molecule has 0 spiro atoms. The average Bonchev–Trinajstić information content (AvgIpc) is 3.23. The molecule has 0 saturated heterocycles. The van der Waals surface area contributed by atoms with E-state index >= 15 is 0 Å². The molecule has 0 aliphatic carbocycles. The number of fused-ring (bicyclic) bond motifs is 1. The first-order chi connectivity index (χ1) is 12.2. The van der Waals surface area contributed by atoms with Gasteiger partial charge in [0.2, 0.25) is 0 Å². The van der Waals surface area contributed by atoms with Crippen molar-refractivity contribution in [1.29, 1.82) is 0 Å². The van der Waals surface area contributed by atoms with E-state index in [1.54, 1.807) is 12.4 Å². The number of hydrogen-bond donors (Lipinski definition) is 1. The Balaban J connectivity index is 1.45. The van der Waals surface area contributed by atoms with Crippen LogP contribution in [-0.4, -0.2) is 28.1 Å². The van der Waals surface area contributed by atoms with E-state index in [1.165, 1.54) is 16.9 Å². The number of aromatic nitrogens is 2. The summed E-state index contributed by atoms with van der Waals surface area (Å²) in [5, 5.41) is 3.76. The van der Waals surface area contributed by atoms with Crippen LogP contribution in [0.1, 0.15) is 15.2 Å². The molecule has 4 rings (SSSR count). The van der Waals surface area contributed by atoms with Gasteiger partial charge >= 0.3 is 0 Å². The van der Waals surface area contributed by atoms with Gasteiger partial charge in [0.15, 0.2) is 5.15 Å². The standard InChI is InChI=1S/C18H13ClN4OS/c19-16-15(25-18(23-16)12-5-3-7-20-9-12)17(24)21-10-13-8-11-4-1-2-6-14(11)22-13/h1-7,9H,8,10H2,(H,21,24). The highest BCUT2D eigenvalue weighted by molar-refractivity contribution is 7.17. The lowest BCUT2D eigenvalue weighted by Crippen LogP contribution is -2.29. The summed E-state index contributed by atoms with van der Waals surface area (Å²) in [4.78, 5) is 25.7. The first kappa shape index (κ1) is 15.9. The number of aliphatic imine (C=N–C) groups is 1.